The number of hydrogen-bond donors (Lipinski definition) is 1. The summed E-state index contributed by atoms with van der Waals surface area (Å²) in [6.07, 6.45) is 4.16. The van der Waals surface area contributed by atoms with Crippen LogP contribution in [0.15, 0.2) is 30.3 Å². The Balaban J connectivity index is 1.95. The molecule has 1 unspecified atom stereocenters. The minimum atomic E-state index is 0.150. The number of nitrogens with one attached hydrogen (secondary N) is 1. The SMILES string of the molecule is CCC(=O)NCC(Cc1ccccc1)N1CCCC1. The van der Waals surface area contributed by atoms with Crippen LogP contribution in [0.5, 0.6) is 0 Å². The van der Waals surface area contributed by atoms with Crippen molar-refractivity contribution in [3.8, 4) is 0 Å². The van der Waals surface area contributed by atoms with Crippen LogP contribution in [0.3, 0.4) is 0 Å². The molecule has 0 bridgehead atoms. The van der Waals surface area contributed by atoms with Crippen LogP contribution in [0, 0.1) is 0 Å². The summed E-state index contributed by atoms with van der Waals surface area (Å²) in [4.78, 5) is 14.0. The molecule has 1 N–H and O–H groups in total. The maximum absolute atomic E-state index is 11.5. The smallest absolute Gasteiger partial charge is 0.219 e. The first-order valence-electron chi connectivity index (χ1n) is 7.34. The van der Waals surface area contributed by atoms with Crippen molar-refractivity contribution in [3.05, 3.63) is 35.9 Å². The molecule has 1 aromatic rings. The van der Waals surface area contributed by atoms with Crippen molar-refractivity contribution in [1.29, 1.82) is 0 Å². The highest BCUT2D eigenvalue weighted by Crippen LogP contribution is 2.15. The monoisotopic (exact) mass is 260 g/mol. The van der Waals surface area contributed by atoms with Gasteiger partial charge in [0.1, 0.15) is 0 Å². The normalized spacial score (nSPS) is 17.3. The number of nitrogens with zero attached hydrogens (tertiary/aromatic N) is 1. The van der Waals surface area contributed by atoms with Gasteiger partial charge >= 0.3 is 0 Å². The first kappa shape index (κ1) is 14.1. The van der Waals surface area contributed by atoms with Crippen LogP contribution >= 0.6 is 0 Å². The van der Waals surface area contributed by atoms with E-state index in [1.54, 1.807) is 0 Å². The predicted molar refractivity (Wildman–Crippen MR) is 78.0 cm³/mol. The Hall–Kier alpha value is -1.35. The highest BCUT2D eigenvalue weighted by atomic mass is 16.1. The average Bonchev–Trinajstić information content (AvgIpc) is 2.98. The summed E-state index contributed by atoms with van der Waals surface area (Å²) in [5.41, 5.74) is 1.35. The Labute approximate surface area is 116 Å². The summed E-state index contributed by atoms with van der Waals surface area (Å²) in [5, 5.41) is 3.05. The van der Waals surface area contributed by atoms with Crippen LogP contribution in [-0.2, 0) is 11.2 Å². The maximum Gasteiger partial charge on any atom is 0.219 e. The molecule has 2 rings (SSSR count). The van der Waals surface area contributed by atoms with Crippen LogP contribution in [0.25, 0.3) is 0 Å². The number of benzene rings is 1. The van der Waals surface area contributed by atoms with Gasteiger partial charge in [0.2, 0.25) is 5.91 Å². The van der Waals surface area contributed by atoms with Gasteiger partial charge in [-0.1, -0.05) is 37.3 Å². The molecule has 0 aromatic heterocycles. The molecule has 1 amide bonds. The van der Waals surface area contributed by atoms with E-state index >= 15 is 0 Å². The van der Waals surface area contributed by atoms with E-state index in [4.69, 9.17) is 0 Å². The first-order chi connectivity index (χ1) is 9.29. The Kier molecular flexibility index (Phi) is 5.40. The van der Waals surface area contributed by atoms with E-state index < -0.39 is 0 Å². The largest absolute Gasteiger partial charge is 0.355 e. The van der Waals surface area contributed by atoms with Gasteiger partial charge in [0.15, 0.2) is 0 Å². The number of hydrogen-bond acceptors (Lipinski definition) is 2. The molecule has 1 aliphatic rings. The minimum absolute atomic E-state index is 0.150. The molecular weight excluding hydrogens is 236 g/mol. The van der Waals surface area contributed by atoms with Gasteiger partial charge in [-0.3, -0.25) is 9.69 Å². The first-order valence-corrected chi connectivity index (χ1v) is 7.34. The van der Waals surface area contributed by atoms with Crippen LogP contribution in [0.1, 0.15) is 31.7 Å². The molecule has 1 saturated heterocycles. The fraction of sp³-hybridized carbons (Fsp3) is 0.562. The van der Waals surface area contributed by atoms with Crippen LogP contribution in [0.4, 0.5) is 0 Å². The lowest BCUT2D eigenvalue weighted by atomic mass is 10.0. The van der Waals surface area contributed by atoms with Gasteiger partial charge in [0.25, 0.3) is 0 Å². The summed E-state index contributed by atoms with van der Waals surface area (Å²) in [7, 11) is 0. The van der Waals surface area contributed by atoms with Gasteiger partial charge < -0.3 is 5.32 Å². The fourth-order valence-corrected chi connectivity index (χ4v) is 2.68. The lowest BCUT2D eigenvalue weighted by molar-refractivity contribution is -0.121. The van der Waals surface area contributed by atoms with Gasteiger partial charge in [-0.2, -0.15) is 0 Å². The summed E-state index contributed by atoms with van der Waals surface area (Å²) >= 11 is 0. The number of carbonyl (C=O) groups excluding carboxylic acids is 1. The Bertz CT molecular complexity index is 385. The molecular formula is C16H24N2O. The van der Waals surface area contributed by atoms with E-state index in [1.807, 2.05) is 13.0 Å². The standard InChI is InChI=1S/C16H24N2O/c1-2-16(19)17-13-15(18-10-6-7-11-18)12-14-8-4-3-5-9-14/h3-5,8-9,15H,2,6-7,10-13H2,1H3,(H,17,19). The van der Waals surface area contributed by atoms with Crippen molar-refractivity contribution >= 4 is 5.91 Å². The fourth-order valence-electron chi connectivity index (χ4n) is 2.68. The molecule has 1 heterocycles. The van der Waals surface area contributed by atoms with Crippen molar-refractivity contribution in [1.82, 2.24) is 10.2 Å². The van der Waals surface area contributed by atoms with Crippen LogP contribution in [-0.4, -0.2) is 36.5 Å². The summed E-state index contributed by atoms with van der Waals surface area (Å²) in [6, 6.07) is 11.0. The van der Waals surface area contributed by atoms with E-state index in [2.05, 4.69) is 34.5 Å². The maximum atomic E-state index is 11.5. The van der Waals surface area contributed by atoms with Crippen molar-refractivity contribution in [2.75, 3.05) is 19.6 Å². The predicted octanol–water partition coefficient (Wildman–Crippen LogP) is 2.22. The zero-order valence-electron chi connectivity index (χ0n) is 11.8. The van der Waals surface area contributed by atoms with E-state index in [-0.39, 0.29) is 5.91 Å². The third-order valence-corrected chi connectivity index (χ3v) is 3.83. The minimum Gasteiger partial charge on any atom is -0.355 e. The van der Waals surface area contributed by atoms with Gasteiger partial charge in [-0.15, -0.1) is 0 Å². The molecule has 3 heteroatoms. The van der Waals surface area contributed by atoms with Crippen molar-refractivity contribution < 1.29 is 4.79 Å². The zero-order chi connectivity index (χ0) is 13.5. The molecule has 1 atom stereocenters. The van der Waals surface area contributed by atoms with Crippen molar-refractivity contribution in [2.24, 2.45) is 0 Å². The number of amides is 1. The van der Waals surface area contributed by atoms with Crippen LogP contribution in [0.2, 0.25) is 0 Å². The van der Waals surface area contributed by atoms with E-state index in [9.17, 15) is 4.79 Å². The molecule has 3 nitrogen and oxygen atoms in total. The summed E-state index contributed by atoms with van der Waals surface area (Å²) in [6.45, 7) is 5.00. The summed E-state index contributed by atoms with van der Waals surface area (Å²) in [5.74, 6) is 0.150. The molecule has 19 heavy (non-hydrogen) atoms. The molecule has 0 spiro atoms. The second-order valence-electron chi connectivity index (χ2n) is 5.24. The van der Waals surface area contributed by atoms with Gasteiger partial charge in [0.05, 0.1) is 0 Å². The quantitative estimate of drug-likeness (QED) is 0.850. The topological polar surface area (TPSA) is 32.3 Å². The van der Waals surface area contributed by atoms with Crippen molar-refractivity contribution in [3.63, 3.8) is 0 Å². The molecule has 104 valence electrons. The second-order valence-corrected chi connectivity index (χ2v) is 5.24. The third-order valence-electron chi connectivity index (χ3n) is 3.83. The highest BCUT2D eigenvalue weighted by Gasteiger charge is 2.22. The molecule has 0 radical (unpaired) electrons. The number of likely N-dealkylation sites (tertiary alicyclic amines) is 1. The van der Waals surface area contributed by atoms with E-state index in [1.165, 1.54) is 31.5 Å². The van der Waals surface area contributed by atoms with Gasteiger partial charge in [-0.05, 0) is 37.9 Å². The molecule has 1 aromatic carbocycles. The highest BCUT2D eigenvalue weighted by molar-refractivity contribution is 5.75. The Morgan fingerprint density at radius 3 is 2.58 bits per heavy atom. The molecule has 0 saturated carbocycles. The van der Waals surface area contributed by atoms with E-state index in [0.29, 0.717) is 12.5 Å². The van der Waals surface area contributed by atoms with Gasteiger partial charge in [-0.25, -0.2) is 0 Å². The third kappa shape index (κ3) is 4.35. The molecule has 1 fully saturated rings. The Morgan fingerprint density at radius 2 is 1.95 bits per heavy atom. The summed E-state index contributed by atoms with van der Waals surface area (Å²) < 4.78 is 0. The van der Waals surface area contributed by atoms with Crippen molar-refractivity contribution in [2.45, 2.75) is 38.6 Å². The zero-order valence-corrected chi connectivity index (χ0v) is 11.8. The number of rotatable bonds is 6. The van der Waals surface area contributed by atoms with Crippen LogP contribution < -0.4 is 5.32 Å². The molecule has 0 aliphatic carbocycles. The number of carbonyl (C=O) groups is 1. The second kappa shape index (κ2) is 7.29. The lowest BCUT2D eigenvalue weighted by Gasteiger charge is -2.28. The molecule has 1 aliphatic heterocycles. The van der Waals surface area contributed by atoms with E-state index in [0.717, 1.165) is 13.0 Å². The van der Waals surface area contributed by atoms with Gasteiger partial charge in [0, 0.05) is 19.0 Å². The lowest BCUT2D eigenvalue weighted by Crippen LogP contribution is -2.43. The Morgan fingerprint density at radius 1 is 1.26 bits per heavy atom. The average molecular weight is 260 g/mol.